The number of hydrogen-bond acceptors (Lipinski definition) is 1. The minimum absolute atomic E-state index is 0.674. The number of nitrogens with two attached hydrogens (primary N) is 1. The topological polar surface area (TPSA) is 26.0 Å². The summed E-state index contributed by atoms with van der Waals surface area (Å²) in [6.45, 7) is 11.4. The van der Waals surface area contributed by atoms with Gasteiger partial charge < -0.3 is 5.73 Å². The Balaban J connectivity index is 4.93. The van der Waals surface area contributed by atoms with E-state index in [0.29, 0.717) is 6.54 Å². The fourth-order valence-corrected chi connectivity index (χ4v) is 1.31. The van der Waals surface area contributed by atoms with Crippen LogP contribution in [-0.4, -0.2) is 6.54 Å². The molecule has 0 bridgehead atoms. The van der Waals surface area contributed by atoms with Gasteiger partial charge in [-0.25, -0.2) is 0 Å². The second-order valence-electron chi connectivity index (χ2n) is 3.44. The molecule has 0 atom stereocenters. The van der Waals surface area contributed by atoms with Crippen LogP contribution >= 0.6 is 0 Å². The molecular formula is C11H21N. The standard InChI is InChI=1S/C11H21N/c1-6-11(9(4)7-12)10(5)8(2)3/h6-7,12H2,1-5H3/b11-9-. The Bertz CT molecular complexity index is 205. The maximum Gasteiger partial charge on any atom is 0.0140 e. The number of hydrogen-bond donors (Lipinski definition) is 1. The van der Waals surface area contributed by atoms with Gasteiger partial charge in [0, 0.05) is 6.54 Å². The van der Waals surface area contributed by atoms with Crippen LogP contribution in [0.2, 0.25) is 0 Å². The Morgan fingerprint density at radius 2 is 1.58 bits per heavy atom. The summed E-state index contributed by atoms with van der Waals surface area (Å²) in [6, 6.07) is 0. The van der Waals surface area contributed by atoms with Crippen molar-refractivity contribution in [3.63, 3.8) is 0 Å². The van der Waals surface area contributed by atoms with Crippen molar-refractivity contribution >= 4 is 0 Å². The molecule has 1 nitrogen and oxygen atoms in total. The lowest BCUT2D eigenvalue weighted by molar-refractivity contribution is 1.00. The number of rotatable bonds is 3. The summed E-state index contributed by atoms with van der Waals surface area (Å²) in [4.78, 5) is 0. The van der Waals surface area contributed by atoms with Gasteiger partial charge in [0.25, 0.3) is 0 Å². The van der Waals surface area contributed by atoms with E-state index in [1.807, 2.05) is 0 Å². The van der Waals surface area contributed by atoms with Gasteiger partial charge in [0.1, 0.15) is 0 Å². The summed E-state index contributed by atoms with van der Waals surface area (Å²) < 4.78 is 0. The highest BCUT2D eigenvalue weighted by Gasteiger charge is 2.02. The van der Waals surface area contributed by atoms with Gasteiger partial charge >= 0.3 is 0 Å². The molecule has 0 heterocycles. The average Bonchev–Trinajstić information content (AvgIpc) is 2.05. The maximum absolute atomic E-state index is 5.61. The molecule has 0 amide bonds. The first kappa shape index (κ1) is 11.4. The Hall–Kier alpha value is -0.560. The monoisotopic (exact) mass is 167 g/mol. The summed E-state index contributed by atoms with van der Waals surface area (Å²) in [5, 5.41) is 0. The summed E-state index contributed by atoms with van der Waals surface area (Å²) >= 11 is 0. The molecule has 0 aromatic carbocycles. The summed E-state index contributed by atoms with van der Waals surface area (Å²) in [6.07, 6.45) is 1.08. The Kier molecular flexibility index (Phi) is 4.91. The largest absolute Gasteiger partial charge is 0.327 e. The zero-order valence-electron chi connectivity index (χ0n) is 8.99. The minimum Gasteiger partial charge on any atom is -0.327 e. The van der Waals surface area contributed by atoms with E-state index in [2.05, 4.69) is 34.6 Å². The molecule has 1 heteroatoms. The van der Waals surface area contributed by atoms with Gasteiger partial charge in [-0.15, -0.1) is 0 Å². The van der Waals surface area contributed by atoms with E-state index in [1.54, 1.807) is 0 Å². The minimum atomic E-state index is 0.674. The Morgan fingerprint density at radius 1 is 1.08 bits per heavy atom. The molecule has 0 aliphatic carbocycles. The molecule has 0 radical (unpaired) electrons. The normalized spacial score (nSPS) is 12.5. The first-order chi connectivity index (χ1) is 5.54. The van der Waals surface area contributed by atoms with Crippen molar-refractivity contribution in [1.82, 2.24) is 0 Å². The van der Waals surface area contributed by atoms with E-state index >= 15 is 0 Å². The maximum atomic E-state index is 5.61. The van der Waals surface area contributed by atoms with E-state index in [1.165, 1.54) is 22.3 Å². The van der Waals surface area contributed by atoms with Crippen molar-refractivity contribution in [2.45, 2.75) is 41.0 Å². The van der Waals surface area contributed by atoms with Crippen LogP contribution in [0, 0.1) is 0 Å². The molecule has 0 aliphatic heterocycles. The van der Waals surface area contributed by atoms with Crippen LogP contribution in [-0.2, 0) is 0 Å². The molecule has 0 unspecified atom stereocenters. The van der Waals surface area contributed by atoms with Gasteiger partial charge in [-0.05, 0) is 45.3 Å². The van der Waals surface area contributed by atoms with E-state index < -0.39 is 0 Å². The van der Waals surface area contributed by atoms with E-state index in [9.17, 15) is 0 Å². The lowest BCUT2D eigenvalue weighted by Crippen LogP contribution is -2.04. The molecule has 0 spiro atoms. The summed E-state index contributed by atoms with van der Waals surface area (Å²) in [7, 11) is 0. The van der Waals surface area contributed by atoms with Gasteiger partial charge in [0.2, 0.25) is 0 Å². The van der Waals surface area contributed by atoms with Crippen LogP contribution in [0.5, 0.6) is 0 Å². The Morgan fingerprint density at radius 3 is 1.83 bits per heavy atom. The Labute approximate surface area is 76.3 Å². The molecule has 2 N–H and O–H groups in total. The van der Waals surface area contributed by atoms with Crippen LogP contribution in [0.15, 0.2) is 22.3 Å². The van der Waals surface area contributed by atoms with Crippen LogP contribution < -0.4 is 5.73 Å². The molecule has 0 saturated carbocycles. The van der Waals surface area contributed by atoms with Gasteiger partial charge in [0.15, 0.2) is 0 Å². The second-order valence-corrected chi connectivity index (χ2v) is 3.44. The van der Waals surface area contributed by atoms with E-state index in [4.69, 9.17) is 5.73 Å². The van der Waals surface area contributed by atoms with Crippen LogP contribution in [0.3, 0.4) is 0 Å². The third-order valence-corrected chi connectivity index (χ3v) is 2.38. The first-order valence-electron chi connectivity index (χ1n) is 4.57. The predicted octanol–water partition coefficient (Wildman–Crippen LogP) is 3.03. The third-order valence-electron chi connectivity index (χ3n) is 2.38. The van der Waals surface area contributed by atoms with Gasteiger partial charge in [0.05, 0.1) is 0 Å². The van der Waals surface area contributed by atoms with Crippen LogP contribution in [0.25, 0.3) is 0 Å². The van der Waals surface area contributed by atoms with Crippen molar-refractivity contribution in [3.8, 4) is 0 Å². The van der Waals surface area contributed by atoms with Crippen molar-refractivity contribution in [3.05, 3.63) is 22.3 Å². The molecule has 70 valence electrons. The highest BCUT2D eigenvalue weighted by Crippen LogP contribution is 2.20. The molecule has 0 saturated heterocycles. The smallest absolute Gasteiger partial charge is 0.0140 e. The molecule has 0 aromatic heterocycles. The van der Waals surface area contributed by atoms with Crippen molar-refractivity contribution in [2.24, 2.45) is 5.73 Å². The average molecular weight is 167 g/mol. The number of allylic oxidation sites excluding steroid dienone is 3. The van der Waals surface area contributed by atoms with Crippen LogP contribution in [0.4, 0.5) is 0 Å². The molecule has 0 aliphatic rings. The van der Waals surface area contributed by atoms with Gasteiger partial charge in [-0.2, -0.15) is 0 Å². The van der Waals surface area contributed by atoms with Crippen molar-refractivity contribution in [1.29, 1.82) is 0 Å². The first-order valence-corrected chi connectivity index (χ1v) is 4.57. The highest BCUT2D eigenvalue weighted by molar-refractivity contribution is 5.35. The second kappa shape index (κ2) is 5.15. The van der Waals surface area contributed by atoms with E-state index in [0.717, 1.165) is 6.42 Å². The predicted molar refractivity (Wildman–Crippen MR) is 56.1 cm³/mol. The molecule has 0 fully saturated rings. The van der Waals surface area contributed by atoms with E-state index in [-0.39, 0.29) is 0 Å². The summed E-state index contributed by atoms with van der Waals surface area (Å²) in [5.41, 5.74) is 11.1. The van der Waals surface area contributed by atoms with Crippen molar-refractivity contribution in [2.75, 3.05) is 6.54 Å². The zero-order chi connectivity index (χ0) is 9.72. The zero-order valence-corrected chi connectivity index (χ0v) is 8.99. The summed E-state index contributed by atoms with van der Waals surface area (Å²) in [5.74, 6) is 0. The van der Waals surface area contributed by atoms with Gasteiger partial charge in [-0.3, -0.25) is 0 Å². The fraction of sp³-hybridized carbons (Fsp3) is 0.636. The lowest BCUT2D eigenvalue weighted by atomic mass is 9.96. The highest BCUT2D eigenvalue weighted by atomic mass is 14.5. The lowest BCUT2D eigenvalue weighted by Gasteiger charge is -2.11. The van der Waals surface area contributed by atoms with Crippen LogP contribution in [0.1, 0.15) is 41.0 Å². The molecule has 0 aromatic rings. The van der Waals surface area contributed by atoms with Crippen molar-refractivity contribution < 1.29 is 0 Å². The quantitative estimate of drug-likeness (QED) is 0.642. The third kappa shape index (κ3) is 2.82. The fourth-order valence-electron chi connectivity index (χ4n) is 1.31. The molecule has 0 rings (SSSR count). The molecule has 12 heavy (non-hydrogen) atoms. The van der Waals surface area contributed by atoms with Gasteiger partial charge in [-0.1, -0.05) is 18.1 Å². The SMILES string of the molecule is CC/C(C(C)=C(C)C)=C(\C)CN. The molecular weight excluding hydrogens is 146 g/mol.